The van der Waals surface area contributed by atoms with E-state index in [9.17, 15) is 9.59 Å². The van der Waals surface area contributed by atoms with Crippen LogP contribution in [0, 0.1) is 23.2 Å². The highest BCUT2D eigenvalue weighted by atomic mass is 16.5. The van der Waals surface area contributed by atoms with E-state index < -0.39 is 5.92 Å². The van der Waals surface area contributed by atoms with Crippen molar-refractivity contribution in [1.29, 1.82) is 5.26 Å². The lowest BCUT2D eigenvalue weighted by atomic mass is 9.99. The summed E-state index contributed by atoms with van der Waals surface area (Å²) in [6.45, 7) is 5.97. The molecule has 20 heavy (non-hydrogen) atoms. The minimum Gasteiger partial charge on any atom is -0.465 e. The van der Waals surface area contributed by atoms with Gasteiger partial charge in [-0.25, -0.2) is 0 Å². The summed E-state index contributed by atoms with van der Waals surface area (Å²) in [6, 6.07) is 8.39. The van der Waals surface area contributed by atoms with E-state index in [0.717, 1.165) is 0 Å². The summed E-state index contributed by atoms with van der Waals surface area (Å²) in [5.41, 5.74) is 1.01. The molecule has 0 aliphatic heterocycles. The summed E-state index contributed by atoms with van der Waals surface area (Å²) in [7, 11) is 0. The first-order valence-corrected chi connectivity index (χ1v) is 6.64. The normalized spacial score (nSPS) is 11.8. The number of hydrogen-bond acceptors (Lipinski definition) is 4. The van der Waals surface area contributed by atoms with Gasteiger partial charge >= 0.3 is 5.97 Å². The Hall–Kier alpha value is -2.15. The van der Waals surface area contributed by atoms with Crippen LogP contribution in [0.25, 0.3) is 0 Å². The Morgan fingerprint density at radius 3 is 2.30 bits per heavy atom. The third-order valence-corrected chi connectivity index (χ3v) is 2.79. The Kier molecular flexibility index (Phi) is 5.92. The van der Waals surface area contributed by atoms with Crippen LogP contribution in [0.2, 0.25) is 0 Å². The summed E-state index contributed by atoms with van der Waals surface area (Å²) in [4.78, 5) is 23.7. The standard InChI is InChI=1S/C16H19NO3/c1-11(2)10-20-16(19)12(3)8-15(18)14-6-4-13(9-17)5-7-14/h4-7,11-12H,8,10H2,1-3H3. The van der Waals surface area contributed by atoms with Crippen molar-refractivity contribution in [3.63, 3.8) is 0 Å². The highest BCUT2D eigenvalue weighted by molar-refractivity contribution is 5.98. The molecule has 0 saturated carbocycles. The average molecular weight is 273 g/mol. The largest absolute Gasteiger partial charge is 0.465 e. The van der Waals surface area contributed by atoms with E-state index in [-0.39, 0.29) is 24.1 Å². The van der Waals surface area contributed by atoms with Crippen LogP contribution in [0.3, 0.4) is 0 Å². The molecule has 0 bridgehead atoms. The molecule has 0 amide bonds. The van der Waals surface area contributed by atoms with Gasteiger partial charge in [0.25, 0.3) is 0 Å². The fourth-order valence-corrected chi connectivity index (χ4v) is 1.60. The topological polar surface area (TPSA) is 67.2 Å². The molecule has 0 saturated heterocycles. The summed E-state index contributed by atoms with van der Waals surface area (Å²) in [5, 5.41) is 8.69. The Balaban J connectivity index is 2.56. The Bertz CT molecular complexity index is 512. The summed E-state index contributed by atoms with van der Waals surface area (Å²) < 4.78 is 5.10. The number of nitriles is 1. The molecular weight excluding hydrogens is 254 g/mol. The van der Waals surface area contributed by atoms with Crippen LogP contribution in [0.4, 0.5) is 0 Å². The lowest BCUT2D eigenvalue weighted by Gasteiger charge is -2.12. The molecule has 4 heteroatoms. The summed E-state index contributed by atoms with van der Waals surface area (Å²) >= 11 is 0. The number of ketones is 1. The molecule has 0 heterocycles. The minimum absolute atomic E-state index is 0.114. The first-order chi connectivity index (χ1) is 9.43. The van der Waals surface area contributed by atoms with Gasteiger partial charge in [0.15, 0.2) is 5.78 Å². The minimum atomic E-state index is -0.461. The number of rotatable bonds is 6. The molecule has 0 aliphatic carbocycles. The molecule has 0 fully saturated rings. The summed E-state index contributed by atoms with van der Waals surface area (Å²) in [6.07, 6.45) is 0.114. The van der Waals surface area contributed by atoms with Crippen LogP contribution >= 0.6 is 0 Å². The fraction of sp³-hybridized carbons (Fsp3) is 0.438. The molecule has 0 aromatic heterocycles. The predicted molar refractivity (Wildman–Crippen MR) is 75.1 cm³/mol. The van der Waals surface area contributed by atoms with Gasteiger partial charge in [0.1, 0.15) is 0 Å². The number of ether oxygens (including phenoxy) is 1. The number of carbonyl (C=O) groups excluding carboxylic acids is 2. The maximum absolute atomic E-state index is 12.0. The molecule has 1 aromatic rings. The second-order valence-electron chi connectivity index (χ2n) is 5.24. The molecule has 1 aromatic carbocycles. The van der Waals surface area contributed by atoms with Crippen molar-refractivity contribution in [2.75, 3.05) is 6.61 Å². The van der Waals surface area contributed by atoms with Gasteiger partial charge in [-0.15, -0.1) is 0 Å². The molecule has 106 valence electrons. The van der Waals surface area contributed by atoms with Gasteiger partial charge in [-0.3, -0.25) is 9.59 Å². The van der Waals surface area contributed by atoms with E-state index in [1.807, 2.05) is 19.9 Å². The second kappa shape index (κ2) is 7.44. The molecule has 0 aliphatic rings. The van der Waals surface area contributed by atoms with Crippen LogP contribution in [0.5, 0.6) is 0 Å². The summed E-state index contributed by atoms with van der Waals surface area (Å²) in [5.74, 6) is -0.651. The number of carbonyl (C=O) groups is 2. The number of benzene rings is 1. The van der Waals surface area contributed by atoms with Gasteiger partial charge in [-0.2, -0.15) is 5.26 Å². The number of esters is 1. The highest BCUT2D eigenvalue weighted by Crippen LogP contribution is 2.13. The van der Waals surface area contributed by atoms with Crippen molar-refractivity contribution in [3.8, 4) is 6.07 Å². The van der Waals surface area contributed by atoms with Gasteiger partial charge < -0.3 is 4.74 Å². The highest BCUT2D eigenvalue weighted by Gasteiger charge is 2.19. The van der Waals surface area contributed by atoms with Crippen molar-refractivity contribution in [2.45, 2.75) is 27.2 Å². The molecule has 0 N–H and O–H groups in total. The first kappa shape index (κ1) is 15.9. The smallest absolute Gasteiger partial charge is 0.309 e. The van der Waals surface area contributed by atoms with E-state index in [2.05, 4.69) is 0 Å². The quantitative estimate of drug-likeness (QED) is 0.590. The van der Waals surface area contributed by atoms with Gasteiger partial charge in [0, 0.05) is 12.0 Å². The number of hydrogen-bond donors (Lipinski definition) is 0. The SMILES string of the molecule is CC(C)COC(=O)C(C)CC(=O)c1ccc(C#N)cc1. The van der Waals surface area contributed by atoms with E-state index >= 15 is 0 Å². The van der Waals surface area contributed by atoms with Crippen LogP contribution in [0.15, 0.2) is 24.3 Å². The average Bonchev–Trinajstić information content (AvgIpc) is 2.44. The Morgan fingerprint density at radius 2 is 1.80 bits per heavy atom. The van der Waals surface area contributed by atoms with Gasteiger partial charge in [-0.1, -0.05) is 32.9 Å². The molecule has 0 spiro atoms. The zero-order chi connectivity index (χ0) is 15.1. The van der Waals surface area contributed by atoms with E-state index in [4.69, 9.17) is 10.00 Å². The molecule has 1 unspecified atom stereocenters. The zero-order valence-electron chi connectivity index (χ0n) is 12.1. The van der Waals surface area contributed by atoms with E-state index in [0.29, 0.717) is 17.7 Å². The molecule has 1 atom stereocenters. The van der Waals surface area contributed by atoms with Crippen molar-refractivity contribution >= 4 is 11.8 Å². The number of Topliss-reactive ketones (excluding diaryl/α,β-unsaturated/α-hetero) is 1. The van der Waals surface area contributed by atoms with Crippen molar-refractivity contribution in [3.05, 3.63) is 35.4 Å². The first-order valence-electron chi connectivity index (χ1n) is 6.64. The lowest BCUT2D eigenvalue weighted by Crippen LogP contribution is -2.20. The fourth-order valence-electron chi connectivity index (χ4n) is 1.60. The Labute approximate surface area is 119 Å². The predicted octanol–water partition coefficient (Wildman–Crippen LogP) is 2.97. The van der Waals surface area contributed by atoms with Crippen molar-refractivity contribution in [1.82, 2.24) is 0 Å². The van der Waals surface area contributed by atoms with Crippen molar-refractivity contribution < 1.29 is 14.3 Å². The van der Waals surface area contributed by atoms with Crippen LogP contribution in [-0.4, -0.2) is 18.4 Å². The third-order valence-electron chi connectivity index (χ3n) is 2.79. The zero-order valence-corrected chi connectivity index (χ0v) is 12.1. The molecular formula is C16H19NO3. The van der Waals surface area contributed by atoms with Gasteiger partial charge in [0.2, 0.25) is 0 Å². The Morgan fingerprint density at radius 1 is 1.20 bits per heavy atom. The van der Waals surface area contributed by atoms with Crippen LogP contribution in [0.1, 0.15) is 43.1 Å². The maximum Gasteiger partial charge on any atom is 0.309 e. The molecule has 0 radical (unpaired) electrons. The third kappa shape index (κ3) is 4.85. The van der Waals surface area contributed by atoms with Crippen molar-refractivity contribution in [2.24, 2.45) is 11.8 Å². The molecule has 1 rings (SSSR count). The number of nitrogens with zero attached hydrogens (tertiary/aromatic N) is 1. The van der Waals surface area contributed by atoms with Gasteiger partial charge in [-0.05, 0) is 18.1 Å². The maximum atomic E-state index is 12.0. The molecule has 4 nitrogen and oxygen atoms in total. The van der Waals surface area contributed by atoms with Crippen LogP contribution < -0.4 is 0 Å². The van der Waals surface area contributed by atoms with E-state index in [1.54, 1.807) is 31.2 Å². The second-order valence-corrected chi connectivity index (χ2v) is 5.24. The lowest BCUT2D eigenvalue weighted by molar-refractivity contribution is -0.148. The van der Waals surface area contributed by atoms with E-state index in [1.165, 1.54) is 0 Å². The van der Waals surface area contributed by atoms with Crippen LogP contribution in [-0.2, 0) is 9.53 Å². The van der Waals surface area contributed by atoms with Gasteiger partial charge in [0.05, 0.1) is 24.2 Å². The monoisotopic (exact) mass is 273 g/mol.